The summed E-state index contributed by atoms with van der Waals surface area (Å²) >= 11 is 0. The molecule has 0 atom stereocenters. The maximum atomic E-state index is 12.6. The predicted molar refractivity (Wildman–Crippen MR) is 91.6 cm³/mol. The Morgan fingerprint density at radius 3 is 2.68 bits per heavy atom. The minimum absolute atomic E-state index is 0.0292. The van der Waals surface area contributed by atoms with E-state index < -0.39 is 4.92 Å². The Balaban J connectivity index is 1.82. The lowest BCUT2D eigenvalue weighted by molar-refractivity contribution is -0.384. The Labute approximate surface area is 145 Å². The molecule has 0 unspecified atom stereocenters. The fourth-order valence-corrected chi connectivity index (χ4v) is 3.06. The van der Waals surface area contributed by atoms with Crippen LogP contribution in [0.25, 0.3) is 0 Å². The highest BCUT2D eigenvalue weighted by Gasteiger charge is 2.25. The van der Waals surface area contributed by atoms with Gasteiger partial charge >= 0.3 is 0 Å². The number of hydrogen-bond donors (Lipinski definition) is 0. The van der Waals surface area contributed by atoms with E-state index in [0.29, 0.717) is 17.1 Å². The Bertz CT molecular complexity index is 796. The molecule has 2 aromatic rings. The average molecular weight is 344 g/mol. The molecule has 0 bridgehead atoms. The van der Waals surface area contributed by atoms with Crippen LogP contribution in [-0.4, -0.2) is 41.0 Å². The third-order valence-corrected chi connectivity index (χ3v) is 4.29. The van der Waals surface area contributed by atoms with Crippen LogP contribution in [-0.2, 0) is 6.54 Å². The summed E-state index contributed by atoms with van der Waals surface area (Å²) in [6, 6.07) is 6.43. The van der Waals surface area contributed by atoms with Gasteiger partial charge in [0.25, 0.3) is 11.6 Å². The van der Waals surface area contributed by atoms with Crippen LogP contribution in [0.15, 0.2) is 28.8 Å². The van der Waals surface area contributed by atoms with E-state index in [9.17, 15) is 14.9 Å². The Kier molecular flexibility index (Phi) is 4.69. The molecule has 0 N–H and O–H groups in total. The van der Waals surface area contributed by atoms with Gasteiger partial charge in [-0.1, -0.05) is 5.16 Å². The molecule has 0 aliphatic carbocycles. The standard InChI is InChI=1S/C17H20N4O4/c1-12-9-14(18-25-12)11-19(2)17(22)13-5-6-15(16(10-13)21(23)24)20-7-3-4-8-20/h5-6,9-10H,3-4,7-8,11H2,1-2H3. The van der Waals surface area contributed by atoms with Crippen LogP contribution in [0.1, 0.15) is 34.7 Å². The number of nitro benzene ring substituents is 1. The van der Waals surface area contributed by atoms with Crippen molar-refractivity contribution in [3.05, 3.63) is 51.4 Å². The lowest BCUT2D eigenvalue weighted by Gasteiger charge is -2.19. The zero-order valence-corrected chi connectivity index (χ0v) is 14.3. The average Bonchev–Trinajstić information content (AvgIpc) is 3.25. The fraction of sp³-hybridized carbons (Fsp3) is 0.412. The van der Waals surface area contributed by atoms with E-state index in [4.69, 9.17) is 4.52 Å². The van der Waals surface area contributed by atoms with E-state index in [-0.39, 0.29) is 23.7 Å². The smallest absolute Gasteiger partial charge is 0.293 e. The van der Waals surface area contributed by atoms with Gasteiger partial charge in [-0.3, -0.25) is 14.9 Å². The number of anilines is 1. The van der Waals surface area contributed by atoms with E-state index in [1.54, 1.807) is 32.2 Å². The predicted octanol–water partition coefficient (Wildman–Crippen LogP) is 2.76. The van der Waals surface area contributed by atoms with E-state index in [2.05, 4.69) is 5.16 Å². The third-order valence-electron chi connectivity index (χ3n) is 4.29. The summed E-state index contributed by atoms with van der Waals surface area (Å²) in [5.41, 5.74) is 1.47. The van der Waals surface area contributed by atoms with Gasteiger partial charge < -0.3 is 14.3 Å². The molecule has 132 valence electrons. The van der Waals surface area contributed by atoms with Gasteiger partial charge in [-0.15, -0.1) is 0 Å². The molecular weight excluding hydrogens is 324 g/mol. The van der Waals surface area contributed by atoms with Crippen molar-refractivity contribution < 1.29 is 14.2 Å². The quantitative estimate of drug-likeness (QED) is 0.612. The van der Waals surface area contributed by atoms with Crippen molar-refractivity contribution in [3.63, 3.8) is 0 Å². The molecule has 1 aliphatic heterocycles. The van der Waals surface area contributed by atoms with Crippen LogP contribution in [0.3, 0.4) is 0 Å². The van der Waals surface area contributed by atoms with Crippen molar-refractivity contribution in [2.45, 2.75) is 26.3 Å². The van der Waals surface area contributed by atoms with Crippen molar-refractivity contribution in [3.8, 4) is 0 Å². The van der Waals surface area contributed by atoms with Gasteiger partial charge in [0.1, 0.15) is 17.1 Å². The highest BCUT2D eigenvalue weighted by Crippen LogP contribution is 2.32. The van der Waals surface area contributed by atoms with E-state index >= 15 is 0 Å². The summed E-state index contributed by atoms with van der Waals surface area (Å²) in [4.78, 5) is 27.1. The second kappa shape index (κ2) is 6.92. The van der Waals surface area contributed by atoms with E-state index in [0.717, 1.165) is 25.9 Å². The summed E-state index contributed by atoms with van der Waals surface area (Å²) in [7, 11) is 1.63. The molecule has 1 fully saturated rings. The second-order valence-electron chi connectivity index (χ2n) is 6.24. The first-order valence-corrected chi connectivity index (χ1v) is 8.17. The molecule has 25 heavy (non-hydrogen) atoms. The zero-order chi connectivity index (χ0) is 18.0. The lowest BCUT2D eigenvalue weighted by Crippen LogP contribution is -2.26. The van der Waals surface area contributed by atoms with Crippen LogP contribution in [0.2, 0.25) is 0 Å². The van der Waals surface area contributed by atoms with Gasteiger partial charge in [0.2, 0.25) is 0 Å². The summed E-state index contributed by atoms with van der Waals surface area (Å²) < 4.78 is 4.99. The van der Waals surface area contributed by atoms with Crippen LogP contribution in [0, 0.1) is 17.0 Å². The highest BCUT2D eigenvalue weighted by atomic mass is 16.6. The lowest BCUT2D eigenvalue weighted by atomic mass is 10.1. The molecule has 1 amide bonds. The number of nitro groups is 1. The summed E-state index contributed by atoms with van der Waals surface area (Å²) in [5.74, 6) is 0.373. The number of rotatable bonds is 5. The molecular formula is C17H20N4O4. The van der Waals surface area contributed by atoms with Crippen LogP contribution in [0.5, 0.6) is 0 Å². The Hall–Kier alpha value is -2.90. The molecule has 0 spiro atoms. The highest BCUT2D eigenvalue weighted by molar-refractivity contribution is 5.95. The maximum Gasteiger partial charge on any atom is 0.293 e. The molecule has 0 saturated carbocycles. The number of carbonyl (C=O) groups excluding carboxylic acids is 1. The van der Waals surface area contributed by atoms with Crippen molar-refractivity contribution >= 4 is 17.3 Å². The zero-order valence-electron chi connectivity index (χ0n) is 14.3. The number of hydrogen-bond acceptors (Lipinski definition) is 6. The first kappa shape index (κ1) is 16.9. The van der Waals surface area contributed by atoms with E-state index in [1.807, 2.05) is 4.90 Å². The van der Waals surface area contributed by atoms with Crippen molar-refractivity contribution in [1.82, 2.24) is 10.1 Å². The van der Waals surface area contributed by atoms with Gasteiger partial charge in [0.15, 0.2) is 0 Å². The van der Waals surface area contributed by atoms with Gasteiger partial charge in [-0.2, -0.15) is 0 Å². The van der Waals surface area contributed by atoms with E-state index in [1.165, 1.54) is 11.0 Å². The molecule has 2 heterocycles. The maximum absolute atomic E-state index is 12.6. The van der Waals surface area contributed by atoms with Gasteiger partial charge in [0.05, 0.1) is 11.5 Å². The summed E-state index contributed by atoms with van der Waals surface area (Å²) in [6.45, 7) is 3.66. The Morgan fingerprint density at radius 1 is 1.36 bits per heavy atom. The van der Waals surface area contributed by atoms with Crippen molar-refractivity contribution in [2.24, 2.45) is 0 Å². The third kappa shape index (κ3) is 3.62. The summed E-state index contributed by atoms with van der Waals surface area (Å²) in [6.07, 6.45) is 2.05. The van der Waals surface area contributed by atoms with Gasteiger partial charge in [-0.05, 0) is 31.9 Å². The molecule has 8 heteroatoms. The van der Waals surface area contributed by atoms with Gasteiger partial charge in [-0.25, -0.2) is 0 Å². The molecule has 3 rings (SSSR count). The topological polar surface area (TPSA) is 92.7 Å². The first-order chi connectivity index (χ1) is 12.0. The molecule has 1 aliphatic rings. The monoisotopic (exact) mass is 344 g/mol. The van der Waals surface area contributed by atoms with Crippen LogP contribution in [0.4, 0.5) is 11.4 Å². The van der Waals surface area contributed by atoms with Crippen LogP contribution < -0.4 is 4.90 Å². The fourth-order valence-electron chi connectivity index (χ4n) is 3.06. The van der Waals surface area contributed by atoms with Crippen molar-refractivity contribution in [2.75, 3.05) is 25.0 Å². The molecule has 1 aromatic heterocycles. The van der Waals surface area contributed by atoms with Crippen molar-refractivity contribution in [1.29, 1.82) is 0 Å². The largest absolute Gasteiger partial charge is 0.366 e. The molecule has 0 radical (unpaired) electrons. The molecule has 8 nitrogen and oxygen atoms in total. The number of nitrogens with zero attached hydrogens (tertiary/aromatic N) is 4. The molecule has 1 saturated heterocycles. The van der Waals surface area contributed by atoms with Gasteiger partial charge in [0, 0.05) is 37.8 Å². The number of carbonyl (C=O) groups is 1. The minimum atomic E-state index is -0.425. The van der Waals surface area contributed by atoms with Crippen LogP contribution >= 0.6 is 0 Å². The normalized spacial score (nSPS) is 13.9. The first-order valence-electron chi connectivity index (χ1n) is 8.17. The number of benzene rings is 1. The second-order valence-corrected chi connectivity index (χ2v) is 6.24. The summed E-state index contributed by atoms with van der Waals surface area (Å²) in [5, 5.41) is 15.3. The number of amides is 1. The SMILES string of the molecule is Cc1cc(CN(C)C(=O)c2ccc(N3CCCC3)c([N+](=O)[O-])c2)no1. The molecule has 1 aromatic carbocycles. The Morgan fingerprint density at radius 2 is 2.08 bits per heavy atom. The minimum Gasteiger partial charge on any atom is -0.366 e. The number of aryl methyl sites for hydroxylation is 1. The number of aromatic nitrogens is 1.